The zero-order chi connectivity index (χ0) is 22.4. The fourth-order valence-electron chi connectivity index (χ4n) is 3.31. The Kier molecular flexibility index (Phi) is 7.13. The molecule has 0 spiro atoms. The molecule has 0 unspecified atom stereocenters. The van der Waals surface area contributed by atoms with E-state index in [9.17, 15) is 13.2 Å². The molecule has 0 radical (unpaired) electrons. The Morgan fingerprint density at radius 3 is 2.32 bits per heavy atom. The largest absolute Gasteiger partial charge is 0.352 e. The number of nitrogens with one attached hydrogen (secondary N) is 1. The highest BCUT2D eigenvalue weighted by atomic mass is 32.2. The van der Waals surface area contributed by atoms with Crippen LogP contribution >= 0.6 is 0 Å². The quantitative estimate of drug-likeness (QED) is 0.529. The van der Waals surface area contributed by atoms with Crippen LogP contribution in [0.3, 0.4) is 0 Å². The predicted molar refractivity (Wildman–Crippen MR) is 125 cm³/mol. The molecule has 0 aliphatic carbocycles. The number of aryl methyl sites for hydroxylation is 3. The summed E-state index contributed by atoms with van der Waals surface area (Å²) in [7, 11) is -2.21. The van der Waals surface area contributed by atoms with E-state index in [1.807, 2.05) is 13.0 Å². The van der Waals surface area contributed by atoms with Gasteiger partial charge >= 0.3 is 0 Å². The first-order chi connectivity index (χ1) is 14.8. The standard InChI is InChI=1S/C25H28N2O3S/c1-19-12-14-24(15-13-19)31(29,30)27(3)23-11-5-10-22(18-23)25(28)26-16-6-9-21-8-4-7-20(2)17-21/h4-5,7-8,10-15,17-18H,6,9,16H2,1-3H3,(H,26,28). The van der Waals surface area contributed by atoms with E-state index in [0.717, 1.165) is 18.4 Å². The molecule has 6 heteroatoms. The lowest BCUT2D eigenvalue weighted by Gasteiger charge is -2.20. The molecule has 162 valence electrons. The molecule has 0 saturated carbocycles. The van der Waals surface area contributed by atoms with E-state index in [1.165, 1.54) is 22.5 Å². The highest BCUT2D eigenvalue weighted by Crippen LogP contribution is 2.23. The fraction of sp³-hybridized carbons (Fsp3) is 0.240. The molecule has 0 bridgehead atoms. The molecule has 0 aliphatic rings. The van der Waals surface area contributed by atoms with Gasteiger partial charge in [-0.25, -0.2) is 8.42 Å². The fourth-order valence-corrected chi connectivity index (χ4v) is 4.50. The third kappa shape index (κ3) is 5.73. The molecule has 0 aliphatic heterocycles. The van der Waals surface area contributed by atoms with Crippen LogP contribution in [0.25, 0.3) is 0 Å². The molecule has 0 saturated heterocycles. The summed E-state index contributed by atoms with van der Waals surface area (Å²) < 4.78 is 27.0. The Morgan fingerprint density at radius 1 is 0.903 bits per heavy atom. The average Bonchev–Trinajstić information content (AvgIpc) is 2.76. The van der Waals surface area contributed by atoms with Gasteiger partial charge in [-0.05, 0) is 62.6 Å². The lowest BCUT2D eigenvalue weighted by Crippen LogP contribution is -2.28. The summed E-state index contributed by atoms with van der Waals surface area (Å²) in [5.41, 5.74) is 4.33. The van der Waals surface area contributed by atoms with Crippen LogP contribution in [0.15, 0.2) is 77.7 Å². The van der Waals surface area contributed by atoms with Gasteiger partial charge in [0.05, 0.1) is 10.6 Å². The Labute approximate surface area is 184 Å². The molecule has 0 atom stereocenters. The maximum atomic E-state index is 12.9. The van der Waals surface area contributed by atoms with Crippen molar-refractivity contribution in [2.45, 2.75) is 31.6 Å². The molecule has 3 aromatic carbocycles. The van der Waals surface area contributed by atoms with E-state index < -0.39 is 10.0 Å². The Balaban J connectivity index is 1.63. The van der Waals surface area contributed by atoms with E-state index in [-0.39, 0.29) is 10.8 Å². The molecule has 3 rings (SSSR count). The second kappa shape index (κ2) is 9.79. The Morgan fingerprint density at radius 2 is 1.61 bits per heavy atom. The van der Waals surface area contributed by atoms with E-state index in [0.29, 0.717) is 17.8 Å². The van der Waals surface area contributed by atoms with Gasteiger partial charge in [0.2, 0.25) is 0 Å². The number of hydrogen-bond donors (Lipinski definition) is 1. The third-order valence-electron chi connectivity index (χ3n) is 5.16. The average molecular weight is 437 g/mol. The van der Waals surface area contributed by atoms with Crippen molar-refractivity contribution in [3.8, 4) is 0 Å². The van der Waals surface area contributed by atoms with Crippen molar-refractivity contribution >= 4 is 21.6 Å². The van der Waals surface area contributed by atoms with Gasteiger partial charge in [0, 0.05) is 19.2 Å². The van der Waals surface area contributed by atoms with E-state index in [4.69, 9.17) is 0 Å². The summed E-state index contributed by atoms with van der Waals surface area (Å²) >= 11 is 0. The van der Waals surface area contributed by atoms with Crippen molar-refractivity contribution in [1.82, 2.24) is 5.32 Å². The molecule has 1 amide bonds. The van der Waals surface area contributed by atoms with Crippen LogP contribution in [0.5, 0.6) is 0 Å². The molecule has 5 nitrogen and oxygen atoms in total. The van der Waals surface area contributed by atoms with Crippen molar-refractivity contribution in [3.05, 3.63) is 95.1 Å². The van der Waals surface area contributed by atoms with Crippen LogP contribution < -0.4 is 9.62 Å². The number of anilines is 1. The normalized spacial score (nSPS) is 11.2. The van der Waals surface area contributed by atoms with Crippen molar-refractivity contribution in [2.75, 3.05) is 17.9 Å². The minimum absolute atomic E-state index is 0.214. The lowest BCUT2D eigenvalue weighted by atomic mass is 10.1. The van der Waals surface area contributed by atoms with Crippen LogP contribution in [-0.4, -0.2) is 27.9 Å². The minimum Gasteiger partial charge on any atom is -0.352 e. The molecular weight excluding hydrogens is 408 g/mol. The van der Waals surface area contributed by atoms with Crippen LogP contribution in [0.4, 0.5) is 5.69 Å². The first-order valence-electron chi connectivity index (χ1n) is 10.3. The summed E-state index contributed by atoms with van der Waals surface area (Å²) in [5.74, 6) is -0.216. The van der Waals surface area contributed by atoms with Gasteiger partial charge in [0.1, 0.15) is 0 Å². The third-order valence-corrected chi connectivity index (χ3v) is 6.96. The summed E-state index contributed by atoms with van der Waals surface area (Å²) in [6.07, 6.45) is 1.72. The van der Waals surface area contributed by atoms with Gasteiger partial charge in [0.25, 0.3) is 15.9 Å². The highest BCUT2D eigenvalue weighted by molar-refractivity contribution is 7.92. The zero-order valence-electron chi connectivity index (χ0n) is 18.1. The number of rotatable bonds is 8. The smallest absolute Gasteiger partial charge is 0.264 e. The van der Waals surface area contributed by atoms with Crippen LogP contribution in [-0.2, 0) is 16.4 Å². The summed E-state index contributed by atoms with van der Waals surface area (Å²) in [6, 6.07) is 21.7. The molecule has 0 heterocycles. The number of amides is 1. The van der Waals surface area contributed by atoms with Crippen LogP contribution in [0.1, 0.15) is 33.5 Å². The van der Waals surface area contributed by atoms with E-state index >= 15 is 0 Å². The minimum atomic E-state index is -3.70. The van der Waals surface area contributed by atoms with Crippen molar-refractivity contribution in [1.29, 1.82) is 0 Å². The van der Waals surface area contributed by atoms with Gasteiger partial charge in [0.15, 0.2) is 0 Å². The number of hydrogen-bond acceptors (Lipinski definition) is 3. The molecule has 0 aromatic heterocycles. The second-order valence-corrected chi connectivity index (χ2v) is 9.65. The summed E-state index contributed by atoms with van der Waals surface area (Å²) in [4.78, 5) is 12.8. The number of carbonyl (C=O) groups excluding carboxylic acids is 1. The van der Waals surface area contributed by atoms with Crippen LogP contribution in [0, 0.1) is 13.8 Å². The van der Waals surface area contributed by atoms with Crippen molar-refractivity contribution < 1.29 is 13.2 Å². The van der Waals surface area contributed by atoms with E-state index in [1.54, 1.807) is 48.5 Å². The second-order valence-electron chi connectivity index (χ2n) is 7.68. The topological polar surface area (TPSA) is 66.5 Å². The van der Waals surface area contributed by atoms with Gasteiger partial charge in [-0.1, -0.05) is 53.6 Å². The highest BCUT2D eigenvalue weighted by Gasteiger charge is 2.21. The molecule has 0 fully saturated rings. The van der Waals surface area contributed by atoms with E-state index in [2.05, 4.69) is 30.4 Å². The number of benzene rings is 3. The van der Waals surface area contributed by atoms with Gasteiger partial charge < -0.3 is 5.32 Å². The monoisotopic (exact) mass is 436 g/mol. The SMILES string of the molecule is Cc1ccc(S(=O)(=O)N(C)c2cccc(C(=O)NCCCc3cccc(C)c3)c2)cc1. The van der Waals surface area contributed by atoms with Gasteiger partial charge in [-0.15, -0.1) is 0 Å². The van der Waals surface area contributed by atoms with Crippen LogP contribution in [0.2, 0.25) is 0 Å². The zero-order valence-corrected chi connectivity index (χ0v) is 18.9. The summed E-state index contributed by atoms with van der Waals surface area (Å²) in [5, 5.41) is 2.92. The predicted octanol–water partition coefficient (Wildman–Crippen LogP) is 4.49. The first kappa shape index (κ1) is 22.6. The molecule has 1 N–H and O–H groups in total. The molecule has 3 aromatic rings. The van der Waals surface area contributed by atoms with Gasteiger partial charge in [-0.2, -0.15) is 0 Å². The number of carbonyl (C=O) groups is 1. The number of nitrogens with zero attached hydrogens (tertiary/aromatic N) is 1. The van der Waals surface area contributed by atoms with Crippen molar-refractivity contribution in [3.63, 3.8) is 0 Å². The Hall–Kier alpha value is -3.12. The first-order valence-corrected chi connectivity index (χ1v) is 11.7. The number of sulfonamides is 1. The summed E-state index contributed by atoms with van der Waals surface area (Å²) in [6.45, 7) is 4.52. The maximum absolute atomic E-state index is 12.9. The maximum Gasteiger partial charge on any atom is 0.264 e. The van der Waals surface area contributed by atoms with Gasteiger partial charge in [-0.3, -0.25) is 9.10 Å². The van der Waals surface area contributed by atoms with Crippen molar-refractivity contribution in [2.24, 2.45) is 0 Å². The lowest BCUT2D eigenvalue weighted by molar-refractivity contribution is 0.0953. The molecular formula is C25H28N2O3S. The molecule has 31 heavy (non-hydrogen) atoms. The Bertz CT molecular complexity index is 1160.